The average molecular weight is 382 g/mol. The maximum atomic E-state index is 13.2. The molecule has 10 heteroatoms. The maximum absolute atomic E-state index is 13.2. The van der Waals surface area contributed by atoms with Crippen LogP contribution in [0.2, 0.25) is 0 Å². The van der Waals surface area contributed by atoms with Crippen molar-refractivity contribution in [1.29, 1.82) is 5.26 Å². The van der Waals surface area contributed by atoms with Crippen molar-refractivity contribution >= 4 is 22.5 Å². The Kier molecular flexibility index (Phi) is 4.82. The molecule has 1 aliphatic heterocycles. The Balaban J connectivity index is 2.29. The lowest BCUT2D eigenvalue weighted by atomic mass is 10.1. The summed E-state index contributed by atoms with van der Waals surface area (Å²) in [5.41, 5.74) is -5.33. The molecule has 1 saturated heterocycles. The molecule has 0 spiro atoms. The second-order valence-electron chi connectivity index (χ2n) is 5.58. The normalized spacial score (nSPS) is 16.4. The zero-order valence-corrected chi connectivity index (χ0v) is 14.2. The third-order valence-corrected chi connectivity index (χ3v) is 5.07. The molecule has 2 heterocycles. The Morgan fingerprint density at radius 1 is 1.19 bits per heavy atom. The molecule has 1 aliphatic rings. The van der Waals surface area contributed by atoms with E-state index in [2.05, 4.69) is 5.10 Å². The van der Waals surface area contributed by atoms with Gasteiger partial charge in [0.25, 0.3) is 0 Å². The number of anilines is 1. The SMILES string of the molecule is N#Cc1nn(-c2ccccc2)c(N2CCCCC2=O)c1S(=O)C(F)(F)F. The van der Waals surface area contributed by atoms with E-state index in [4.69, 9.17) is 0 Å². The Labute approximate surface area is 149 Å². The molecule has 3 rings (SSSR count). The fourth-order valence-electron chi connectivity index (χ4n) is 2.77. The number of aromatic nitrogens is 2. The molecule has 1 aromatic heterocycles. The van der Waals surface area contributed by atoms with E-state index >= 15 is 0 Å². The van der Waals surface area contributed by atoms with E-state index in [1.165, 1.54) is 0 Å². The lowest BCUT2D eigenvalue weighted by Gasteiger charge is -2.28. The van der Waals surface area contributed by atoms with Gasteiger partial charge in [-0.15, -0.1) is 0 Å². The smallest absolute Gasteiger partial charge is 0.296 e. The number of rotatable bonds is 3. The van der Waals surface area contributed by atoms with Gasteiger partial charge in [-0.25, -0.2) is 8.89 Å². The fraction of sp³-hybridized carbons (Fsp3) is 0.312. The minimum atomic E-state index is -5.08. The Morgan fingerprint density at radius 3 is 2.46 bits per heavy atom. The summed E-state index contributed by atoms with van der Waals surface area (Å²) in [6.07, 6.45) is 1.38. The molecule has 1 unspecified atom stereocenters. The number of piperidine rings is 1. The van der Waals surface area contributed by atoms with E-state index in [1.807, 2.05) is 0 Å². The first-order valence-electron chi connectivity index (χ1n) is 7.72. The monoisotopic (exact) mass is 382 g/mol. The number of nitrogens with zero attached hydrogens (tertiary/aromatic N) is 4. The van der Waals surface area contributed by atoms with Crippen LogP contribution in [0.15, 0.2) is 35.2 Å². The van der Waals surface area contributed by atoms with E-state index in [0.29, 0.717) is 18.5 Å². The maximum Gasteiger partial charge on any atom is 0.476 e. The zero-order chi connectivity index (χ0) is 18.9. The second kappa shape index (κ2) is 6.92. The van der Waals surface area contributed by atoms with Crippen LogP contribution in [0, 0.1) is 11.3 Å². The van der Waals surface area contributed by atoms with Crippen molar-refractivity contribution in [2.45, 2.75) is 29.7 Å². The van der Waals surface area contributed by atoms with Crippen LogP contribution >= 0.6 is 0 Å². The predicted octanol–water partition coefficient (Wildman–Crippen LogP) is 2.89. The quantitative estimate of drug-likeness (QED) is 0.818. The van der Waals surface area contributed by atoms with Crippen molar-refractivity contribution in [2.75, 3.05) is 11.4 Å². The lowest BCUT2D eigenvalue weighted by molar-refractivity contribution is -0.119. The van der Waals surface area contributed by atoms with E-state index in [-0.39, 0.29) is 18.8 Å². The summed E-state index contributed by atoms with van der Waals surface area (Å²) in [4.78, 5) is 12.7. The lowest BCUT2D eigenvalue weighted by Crippen LogP contribution is -2.37. The van der Waals surface area contributed by atoms with Gasteiger partial charge in [-0.2, -0.15) is 23.5 Å². The number of alkyl halides is 3. The Bertz CT molecular complexity index is 903. The zero-order valence-electron chi connectivity index (χ0n) is 13.4. The van der Waals surface area contributed by atoms with Crippen LogP contribution < -0.4 is 4.90 Å². The van der Waals surface area contributed by atoms with Gasteiger partial charge < -0.3 is 0 Å². The Morgan fingerprint density at radius 2 is 1.88 bits per heavy atom. The molecular weight excluding hydrogens is 369 g/mol. The van der Waals surface area contributed by atoms with Gasteiger partial charge in [-0.3, -0.25) is 9.69 Å². The minimum Gasteiger partial charge on any atom is -0.296 e. The number of carbonyl (C=O) groups excluding carboxylic acids is 1. The Hall–Kier alpha value is -2.67. The van der Waals surface area contributed by atoms with Crippen LogP contribution in [0.3, 0.4) is 0 Å². The van der Waals surface area contributed by atoms with Crippen molar-refractivity contribution in [1.82, 2.24) is 9.78 Å². The number of amides is 1. The van der Waals surface area contributed by atoms with Crippen LogP contribution in [0.1, 0.15) is 25.0 Å². The molecule has 1 amide bonds. The third-order valence-electron chi connectivity index (χ3n) is 3.90. The van der Waals surface area contributed by atoms with Gasteiger partial charge >= 0.3 is 5.51 Å². The van der Waals surface area contributed by atoms with E-state index in [9.17, 15) is 27.4 Å². The van der Waals surface area contributed by atoms with Crippen molar-refractivity contribution in [2.24, 2.45) is 0 Å². The summed E-state index contributed by atoms with van der Waals surface area (Å²) >= 11 is 0. The molecule has 26 heavy (non-hydrogen) atoms. The largest absolute Gasteiger partial charge is 0.476 e. The summed E-state index contributed by atoms with van der Waals surface area (Å²) in [5, 5.41) is 13.2. The molecule has 6 nitrogen and oxygen atoms in total. The first-order valence-corrected chi connectivity index (χ1v) is 8.87. The van der Waals surface area contributed by atoms with Gasteiger partial charge in [-0.05, 0) is 25.0 Å². The van der Waals surface area contributed by atoms with E-state index in [0.717, 1.165) is 9.58 Å². The van der Waals surface area contributed by atoms with Crippen molar-refractivity contribution < 1.29 is 22.2 Å². The summed E-state index contributed by atoms with van der Waals surface area (Å²) < 4.78 is 52.7. The molecule has 1 atom stereocenters. The molecule has 2 aromatic rings. The highest BCUT2D eigenvalue weighted by Crippen LogP contribution is 2.37. The number of hydrogen-bond donors (Lipinski definition) is 0. The number of halogens is 3. The molecule has 136 valence electrons. The number of para-hydroxylation sites is 1. The summed E-state index contributed by atoms with van der Waals surface area (Å²) in [6, 6.07) is 9.72. The number of carbonyl (C=O) groups is 1. The first kappa shape index (κ1) is 18.1. The highest BCUT2D eigenvalue weighted by molar-refractivity contribution is 7.86. The van der Waals surface area contributed by atoms with E-state index in [1.54, 1.807) is 36.4 Å². The molecular formula is C16H13F3N4O2S. The average Bonchev–Trinajstić information content (AvgIpc) is 3.00. The van der Waals surface area contributed by atoms with Crippen LogP contribution in [0.5, 0.6) is 0 Å². The second-order valence-corrected chi connectivity index (χ2v) is 6.99. The molecule has 0 N–H and O–H groups in total. The van der Waals surface area contributed by atoms with Crippen molar-refractivity contribution in [3.8, 4) is 11.8 Å². The number of hydrogen-bond acceptors (Lipinski definition) is 4. The number of nitriles is 1. The van der Waals surface area contributed by atoms with Crippen LogP contribution in [-0.2, 0) is 15.6 Å². The molecule has 0 bridgehead atoms. The van der Waals surface area contributed by atoms with Crippen molar-refractivity contribution in [3.63, 3.8) is 0 Å². The van der Waals surface area contributed by atoms with Gasteiger partial charge in [0, 0.05) is 13.0 Å². The summed E-state index contributed by atoms with van der Waals surface area (Å²) in [6.45, 7) is 0.171. The summed E-state index contributed by atoms with van der Waals surface area (Å²) in [5.74, 6) is -0.647. The molecule has 1 fully saturated rings. The van der Waals surface area contributed by atoms with Crippen molar-refractivity contribution in [3.05, 3.63) is 36.0 Å². The third kappa shape index (κ3) is 3.22. The standard InChI is InChI=1S/C16H13F3N4O2S/c17-16(18,19)26(25)14-12(10-20)21-23(11-6-2-1-3-7-11)15(14)22-9-5-4-8-13(22)24/h1-3,6-7H,4-5,8-9H2. The highest BCUT2D eigenvalue weighted by Gasteiger charge is 2.44. The molecule has 1 aromatic carbocycles. The van der Waals surface area contributed by atoms with Gasteiger partial charge in [0.15, 0.2) is 22.3 Å². The minimum absolute atomic E-state index is 0.167. The topological polar surface area (TPSA) is 79.0 Å². The molecule has 0 radical (unpaired) electrons. The van der Waals surface area contributed by atoms with Gasteiger partial charge in [0.2, 0.25) is 5.91 Å². The predicted molar refractivity (Wildman–Crippen MR) is 86.9 cm³/mol. The van der Waals surface area contributed by atoms with Crippen LogP contribution in [0.4, 0.5) is 19.0 Å². The fourth-order valence-corrected chi connectivity index (χ4v) is 3.63. The first-order chi connectivity index (χ1) is 12.3. The number of benzene rings is 1. The molecule has 0 aliphatic carbocycles. The van der Waals surface area contributed by atoms with E-state index < -0.39 is 32.8 Å². The van der Waals surface area contributed by atoms with Gasteiger partial charge in [0.1, 0.15) is 11.0 Å². The van der Waals surface area contributed by atoms with Crippen LogP contribution in [0.25, 0.3) is 5.69 Å². The van der Waals surface area contributed by atoms with Gasteiger partial charge in [-0.1, -0.05) is 18.2 Å². The van der Waals surface area contributed by atoms with Gasteiger partial charge in [0.05, 0.1) is 5.69 Å². The highest BCUT2D eigenvalue weighted by atomic mass is 32.2. The summed E-state index contributed by atoms with van der Waals surface area (Å²) in [7, 11) is -3.49. The van der Waals surface area contributed by atoms with Crippen LogP contribution in [-0.4, -0.2) is 31.9 Å². The molecule has 0 saturated carbocycles.